The normalized spacial score (nSPS) is 13.8. The highest BCUT2D eigenvalue weighted by Gasteiger charge is 2.25. The fourth-order valence-electron chi connectivity index (χ4n) is 3.62. The Morgan fingerprint density at radius 1 is 0.919 bits per heavy atom. The van der Waals surface area contributed by atoms with Gasteiger partial charge >= 0.3 is 11.9 Å². The van der Waals surface area contributed by atoms with E-state index in [1.165, 1.54) is 32.4 Å². The lowest BCUT2D eigenvalue weighted by molar-refractivity contribution is -0.118. The van der Waals surface area contributed by atoms with E-state index in [1.54, 1.807) is 30.3 Å². The molecule has 37 heavy (non-hydrogen) atoms. The van der Waals surface area contributed by atoms with Crippen molar-refractivity contribution in [3.8, 4) is 5.75 Å². The SMILES string of the molecule is COC(=O)c1cc(NC(=O)COc2ccc(/C=C3\SC(=O)NC3=O)c3ccccc23)cc(C(=O)OC)c1. The Hall–Kier alpha value is -4.64. The van der Waals surface area contributed by atoms with Gasteiger partial charge in [0.15, 0.2) is 6.61 Å². The molecule has 1 fully saturated rings. The average molecular weight is 521 g/mol. The summed E-state index contributed by atoms with van der Waals surface area (Å²) in [6, 6.07) is 14.7. The van der Waals surface area contributed by atoms with Crippen LogP contribution in [0.5, 0.6) is 5.75 Å². The zero-order chi connectivity index (χ0) is 26.5. The Balaban J connectivity index is 1.53. The van der Waals surface area contributed by atoms with Crippen molar-refractivity contribution in [1.82, 2.24) is 5.32 Å². The van der Waals surface area contributed by atoms with E-state index in [0.29, 0.717) is 16.7 Å². The number of ether oxygens (including phenoxy) is 3. The van der Waals surface area contributed by atoms with Crippen LogP contribution in [0, 0.1) is 0 Å². The predicted molar refractivity (Wildman–Crippen MR) is 136 cm³/mol. The number of hydrogen-bond acceptors (Lipinski definition) is 9. The third-order valence-corrected chi connectivity index (χ3v) is 6.07. The highest BCUT2D eigenvalue weighted by molar-refractivity contribution is 8.18. The van der Waals surface area contributed by atoms with Crippen LogP contribution in [0.3, 0.4) is 0 Å². The van der Waals surface area contributed by atoms with Crippen molar-refractivity contribution in [3.05, 3.63) is 76.2 Å². The van der Waals surface area contributed by atoms with E-state index < -0.39 is 29.0 Å². The molecule has 188 valence electrons. The van der Waals surface area contributed by atoms with E-state index in [1.807, 2.05) is 12.1 Å². The maximum atomic E-state index is 12.6. The first kappa shape index (κ1) is 25.5. The Morgan fingerprint density at radius 2 is 1.57 bits per heavy atom. The van der Waals surface area contributed by atoms with Gasteiger partial charge in [0.2, 0.25) is 0 Å². The molecule has 1 aliphatic rings. The molecule has 10 nitrogen and oxygen atoms in total. The first-order chi connectivity index (χ1) is 17.8. The van der Waals surface area contributed by atoms with Crippen LogP contribution in [0.15, 0.2) is 59.5 Å². The molecule has 2 N–H and O–H groups in total. The van der Waals surface area contributed by atoms with E-state index in [2.05, 4.69) is 10.6 Å². The van der Waals surface area contributed by atoms with Gasteiger partial charge in [0.25, 0.3) is 17.1 Å². The van der Waals surface area contributed by atoms with Crippen LogP contribution in [0.2, 0.25) is 0 Å². The molecule has 0 saturated carbocycles. The maximum absolute atomic E-state index is 12.6. The van der Waals surface area contributed by atoms with Gasteiger partial charge in [-0.15, -0.1) is 0 Å². The van der Waals surface area contributed by atoms with E-state index in [0.717, 1.165) is 17.1 Å². The number of methoxy groups -OCH3 is 2. The van der Waals surface area contributed by atoms with Crippen LogP contribution in [0.25, 0.3) is 16.8 Å². The Bertz CT molecular complexity index is 1450. The van der Waals surface area contributed by atoms with Crippen molar-refractivity contribution < 1.29 is 38.2 Å². The molecule has 0 atom stereocenters. The number of hydrogen-bond donors (Lipinski definition) is 2. The number of benzene rings is 3. The van der Waals surface area contributed by atoms with Gasteiger partial charge in [-0.25, -0.2) is 9.59 Å². The smallest absolute Gasteiger partial charge is 0.337 e. The Kier molecular flexibility index (Phi) is 7.54. The quantitative estimate of drug-likeness (QED) is 0.352. The lowest BCUT2D eigenvalue weighted by Gasteiger charge is -2.12. The Morgan fingerprint density at radius 3 is 2.16 bits per heavy atom. The van der Waals surface area contributed by atoms with Gasteiger partial charge in [0.05, 0.1) is 30.3 Å². The molecule has 0 unspecified atom stereocenters. The number of imide groups is 1. The molecular formula is C26H20N2O8S. The van der Waals surface area contributed by atoms with Crippen LogP contribution in [0.1, 0.15) is 26.3 Å². The van der Waals surface area contributed by atoms with Crippen molar-refractivity contribution in [2.24, 2.45) is 0 Å². The molecule has 3 aromatic rings. The van der Waals surface area contributed by atoms with Crippen LogP contribution < -0.4 is 15.4 Å². The van der Waals surface area contributed by atoms with E-state index in [9.17, 15) is 24.0 Å². The Labute approximate surface area is 214 Å². The second-order valence-electron chi connectivity index (χ2n) is 7.67. The van der Waals surface area contributed by atoms with Crippen LogP contribution >= 0.6 is 11.8 Å². The first-order valence-electron chi connectivity index (χ1n) is 10.8. The molecule has 0 aromatic heterocycles. The summed E-state index contributed by atoms with van der Waals surface area (Å²) in [5.74, 6) is -1.94. The third-order valence-electron chi connectivity index (χ3n) is 5.26. The molecule has 0 bridgehead atoms. The summed E-state index contributed by atoms with van der Waals surface area (Å²) in [6.07, 6.45) is 1.62. The monoisotopic (exact) mass is 520 g/mol. The van der Waals surface area contributed by atoms with Gasteiger partial charge in [-0.2, -0.15) is 0 Å². The lowest BCUT2D eigenvalue weighted by atomic mass is 10.0. The summed E-state index contributed by atoms with van der Waals surface area (Å²) >= 11 is 0.824. The van der Waals surface area contributed by atoms with E-state index in [4.69, 9.17) is 14.2 Å². The molecule has 0 radical (unpaired) electrons. The van der Waals surface area contributed by atoms with Gasteiger partial charge in [-0.1, -0.05) is 30.3 Å². The lowest BCUT2D eigenvalue weighted by Crippen LogP contribution is -2.21. The second kappa shape index (κ2) is 11.0. The molecule has 0 aliphatic carbocycles. The number of esters is 2. The van der Waals surface area contributed by atoms with Gasteiger partial charge in [0, 0.05) is 11.1 Å². The topological polar surface area (TPSA) is 137 Å². The summed E-state index contributed by atoms with van der Waals surface area (Å²) in [7, 11) is 2.40. The molecule has 1 aliphatic heterocycles. The molecule has 4 rings (SSSR count). The van der Waals surface area contributed by atoms with Crippen LogP contribution in [-0.2, 0) is 19.1 Å². The molecule has 3 amide bonds. The van der Waals surface area contributed by atoms with Crippen molar-refractivity contribution in [3.63, 3.8) is 0 Å². The first-order valence-corrected chi connectivity index (χ1v) is 11.6. The molecule has 1 saturated heterocycles. The third kappa shape index (κ3) is 5.78. The number of rotatable bonds is 7. The van der Waals surface area contributed by atoms with Crippen molar-refractivity contribution >= 4 is 63.3 Å². The standard InChI is InChI=1S/C26H20N2O8S/c1-34-24(31)15-9-16(25(32)35-2)11-17(10-15)27-22(29)13-36-20-8-7-14(18-5-3-4-6-19(18)20)12-21-23(30)28-26(33)37-21/h3-12H,13H2,1-2H3,(H,27,29)(H,28,30,33)/b21-12-. The maximum Gasteiger partial charge on any atom is 0.337 e. The van der Waals surface area contributed by atoms with Crippen molar-refractivity contribution in [2.75, 3.05) is 26.1 Å². The van der Waals surface area contributed by atoms with Crippen LogP contribution in [0.4, 0.5) is 10.5 Å². The summed E-state index contributed by atoms with van der Waals surface area (Å²) < 4.78 is 15.2. The molecule has 3 aromatic carbocycles. The minimum absolute atomic E-state index is 0.0631. The molecule has 11 heteroatoms. The van der Waals surface area contributed by atoms with Gasteiger partial charge < -0.3 is 19.5 Å². The molecular weight excluding hydrogens is 500 g/mol. The summed E-state index contributed by atoms with van der Waals surface area (Å²) in [5, 5.41) is 5.85. The number of carbonyl (C=O) groups excluding carboxylic acids is 5. The summed E-state index contributed by atoms with van der Waals surface area (Å²) in [6.45, 7) is -0.368. The number of anilines is 1. The minimum Gasteiger partial charge on any atom is -0.483 e. The summed E-state index contributed by atoms with van der Waals surface area (Å²) in [5.41, 5.74) is 1.02. The minimum atomic E-state index is -0.683. The number of thioether (sulfide) groups is 1. The van der Waals surface area contributed by atoms with Crippen LogP contribution in [-0.4, -0.2) is 49.8 Å². The zero-order valence-electron chi connectivity index (χ0n) is 19.7. The molecule has 0 spiro atoms. The largest absolute Gasteiger partial charge is 0.483 e. The zero-order valence-corrected chi connectivity index (χ0v) is 20.5. The van der Waals surface area contributed by atoms with Crippen molar-refractivity contribution in [2.45, 2.75) is 0 Å². The van der Waals surface area contributed by atoms with E-state index in [-0.39, 0.29) is 28.3 Å². The fourth-order valence-corrected chi connectivity index (χ4v) is 4.29. The van der Waals surface area contributed by atoms with Gasteiger partial charge in [-0.3, -0.25) is 19.7 Å². The van der Waals surface area contributed by atoms with E-state index >= 15 is 0 Å². The molecule has 1 heterocycles. The summed E-state index contributed by atoms with van der Waals surface area (Å²) in [4.78, 5) is 60.2. The second-order valence-corrected chi connectivity index (χ2v) is 8.68. The fraction of sp³-hybridized carbons (Fsp3) is 0.115. The number of fused-ring (bicyclic) bond motifs is 1. The number of carbonyl (C=O) groups is 5. The number of nitrogens with one attached hydrogen (secondary N) is 2. The highest BCUT2D eigenvalue weighted by atomic mass is 32.2. The van der Waals surface area contributed by atoms with Gasteiger partial charge in [0.1, 0.15) is 5.75 Å². The number of amides is 3. The predicted octanol–water partition coefficient (Wildman–Crippen LogP) is 3.75. The van der Waals surface area contributed by atoms with Crippen molar-refractivity contribution in [1.29, 1.82) is 0 Å². The highest BCUT2D eigenvalue weighted by Crippen LogP contribution is 2.32. The van der Waals surface area contributed by atoms with Gasteiger partial charge in [-0.05, 0) is 53.1 Å². The average Bonchev–Trinajstić information content (AvgIpc) is 3.22.